The molecule has 3 heteroatoms. The van der Waals surface area contributed by atoms with E-state index in [0.29, 0.717) is 5.92 Å². The van der Waals surface area contributed by atoms with E-state index in [0.717, 1.165) is 32.5 Å². The third kappa shape index (κ3) is 4.65. The zero-order valence-electron chi connectivity index (χ0n) is 9.83. The molecule has 0 aromatic carbocycles. The number of likely N-dealkylation sites (tertiary alicyclic amines) is 1. The number of carboxylic acids is 1. The number of nitrogens with zero attached hydrogens (tertiary/aromatic N) is 1. The molecule has 3 nitrogen and oxygen atoms in total. The van der Waals surface area contributed by atoms with Crippen LogP contribution in [-0.4, -0.2) is 35.6 Å². The van der Waals surface area contributed by atoms with E-state index in [1.165, 1.54) is 0 Å². The highest BCUT2D eigenvalue weighted by molar-refractivity contribution is 5.67. The van der Waals surface area contributed by atoms with Crippen LogP contribution >= 0.6 is 0 Å². The Hall–Kier alpha value is -0.570. The van der Waals surface area contributed by atoms with Crippen LogP contribution in [0.1, 0.15) is 33.1 Å². The van der Waals surface area contributed by atoms with Gasteiger partial charge in [-0.05, 0) is 37.3 Å². The molecule has 0 aliphatic carbocycles. The van der Waals surface area contributed by atoms with Gasteiger partial charge in [-0.1, -0.05) is 20.8 Å². The quantitative estimate of drug-likeness (QED) is 0.775. The van der Waals surface area contributed by atoms with Crippen molar-refractivity contribution in [2.75, 3.05) is 19.6 Å². The molecular formula is C12H22NO2. The molecule has 87 valence electrons. The molecule has 0 atom stereocenters. The number of aliphatic carboxylic acids is 1. The molecule has 1 aliphatic rings. The first kappa shape index (κ1) is 12.5. The van der Waals surface area contributed by atoms with E-state index in [1.807, 2.05) is 13.8 Å². The fourth-order valence-electron chi connectivity index (χ4n) is 2.22. The van der Waals surface area contributed by atoms with Crippen LogP contribution in [0, 0.1) is 18.3 Å². The Morgan fingerprint density at radius 3 is 2.47 bits per heavy atom. The van der Waals surface area contributed by atoms with Crippen molar-refractivity contribution in [2.45, 2.75) is 33.1 Å². The number of hydrogen-bond donors (Lipinski definition) is 1. The summed E-state index contributed by atoms with van der Waals surface area (Å²) in [5.74, 6) is -0.115. The average Bonchev–Trinajstić information content (AvgIpc) is 2.06. The summed E-state index contributed by atoms with van der Waals surface area (Å²) in [4.78, 5) is 13.0. The molecular weight excluding hydrogens is 190 g/mol. The SMILES string of the molecule is [CH2]C1CCN(CC(C)(C)CC(=O)O)CC1. The number of piperidine rings is 1. The van der Waals surface area contributed by atoms with Gasteiger partial charge >= 0.3 is 5.97 Å². The summed E-state index contributed by atoms with van der Waals surface area (Å²) < 4.78 is 0. The van der Waals surface area contributed by atoms with E-state index in [-0.39, 0.29) is 11.8 Å². The van der Waals surface area contributed by atoms with E-state index in [1.54, 1.807) is 0 Å². The fourth-order valence-corrected chi connectivity index (χ4v) is 2.22. The first-order valence-electron chi connectivity index (χ1n) is 5.66. The largest absolute Gasteiger partial charge is 0.481 e. The third-order valence-corrected chi connectivity index (χ3v) is 2.99. The third-order valence-electron chi connectivity index (χ3n) is 2.99. The molecule has 15 heavy (non-hydrogen) atoms. The van der Waals surface area contributed by atoms with Crippen LogP contribution in [0.3, 0.4) is 0 Å². The maximum atomic E-state index is 10.7. The van der Waals surface area contributed by atoms with Crippen LogP contribution in [0.15, 0.2) is 0 Å². The van der Waals surface area contributed by atoms with Crippen LogP contribution in [0.2, 0.25) is 0 Å². The van der Waals surface area contributed by atoms with Gasteiger partial charge in [-0.25, -0.2) is 0 Å². The number of hydrogen-bond acceptors (Lipinski definition) is 2. The molecule has 0 aromatic rings. The van der Waals surface area contributed by atoms with Crippen molar-refractivity contribution < 1.29 is 9.90 Å². The number of carboxylic acid groups (broad SMARTS) is 1. The summed E-state index contributed by atoms with van der Waals surface area (Å²) in [6.45, 7) is 11.1. The smallest absolute Gasteiger partial charge is 0.303 e. The van der Waals surface area contributed by atoms with Crippen LogP contribution < -0.4 is 0 Å². The van der Waals surface area contributed by atoms with E-state index in [9.17, 15) is 4.79 Å². The molecule has 1 N–H and O–H groups in total. The lowest BCUT2D eigenvalue weighted by molar-refractivity contribution is -0.139. The maximum Gasteiger partial charge on any atom is 0.303 e. The predicted octanol–water partition coefficient (Wildman–Crippen LogP) is 2.03. The van der Waals surface area contributed by atoms with E-state index >= 15 is 0 Å². The minimum Gasteiger partial charge on any atom is -0.481 e. The van der Waals surface area contributed by atoms with Crippen molar-refractivity contribution in [1.82, 2.24) is 4.90 Å². The summed E-state index contributed by atoms with van der Waals surface area (Å²) >= 11 is 0. The number of rotatable bonds is 4. The van der Waals surface area contributed by atoms with Gasteiger partial charge in [0.2, 0.25) is 0 Å². The molecule has 1 fully saturated rings. The molecule has 0 amide bonds. The van der Waals surface area contributed by atoms with Gasteiger partial charge in [0.1, 0.15) is 0 Å². The lowest BCUT2D eigenvalue weighted by atomic mass is 9.87. The van der Waals surface area contributed by atoms with Crippen LogP contribution in [0.4, 0.5) is 0 Å². The second-order valence-electron chi connectivity index (χ2n) is 5.45. The highest BCUT2D eigenvalue weighted by Crippen LogP contribution is 2.25. The zero-order chi connectivity index (χ0) is 11.5. The first-order chi connectivity index (χ1) is 6.89. The van der Waals surface area contributed by atoms with Gasteiger partial charge < -0.3 is 10.0 Å². The Balaban J connectivity index is 2.36. The van der Waals surface area contributed by atoms with Crippen LogP contribution in [-0.2, 0) is 4.79 Å². The molecule has 0 spiro atoms. The molecule has 1 aliphatic heterocycles. The topological polar surface area (TPSA) is 40.5 Å². The normalized spacial score (nSPS) is 20.5. The lowest BCUT2D eigenvalue weighted by Gasteiger charge is -2.35. The summed E-state index contributed by atoms with van der Waals surface area (Å²) in [5, 5.41) is 8.79. The van der Waals surface area contributed by atoms with Gasteiger partial charge in [0, 0.05) is 6.54 Å². The van der Waals surface area contributed by atoms with E-state index in [4.69, 9.17) is 5.11 Å². The number of carbonyl (C=O) groups is 1. The lowest BCUT2D eigenvalue weighted by Crippen LogP contribution is -2.40. The van der Waals surface area contributed by atoms with Crippen LogP contribution in [0.25, 0.3) is 0 Å². The molecule has 0 bridgehead atoms. The Morgan fingerprint density at radius 1 is 1.47 bits per heavy atom. The second kappa shape index (κ2) is 4.97. The molecule has 0 unspecified atom stereocenters. The van der Waals surface area contributed by atoms with E-state index < -0.39 is 5.97 Å². The highest BCUT2D eigenvalue weighted by Gasteiger charge is 2.26. The van der Waals surface area contributed by atoms with Crippen molar-refractivity contribution in [2.24, 2.45) is 11.3 Å². The minimum atomic E-state index is -0.702. The van der Waals surface area contributed by atoms with Gasteiger partial charge in [0.15, 0.2) is 0 Å². The fraction of sp³-hybridized carbons (Fsp3) is 0.833. The monoisotopic (exact) mass is 212 g/mol. The van der Waals surface area contributed by atoms with Gasteiger partial charge in [-0.15, -0.1) is 0 Å². The molecule has 1 rings (SSSR count). The summed E-state index contributed by atoms with van der Waals surface area (Å²) in [5.41, 5.74) is -0.125. The molecule has 1 radical (unpaired) electrons. The average molecular weight is 212 g/mol. The zero-order valence-corrected chi connectivity index (χ0v) is 9.83. The van der Waals surface area contributed by atoms with Crippen LogP contribution in [0.5, 0.6) is 0 Å². The van der Waals surface area contributed by atoms with Gasteiger partial charge in [-0.2, -0.15) is 0 Å². The standard InChI is InChI=1S/C12H22NO2/c1-10-4-6-13(7-5-10)9-12(2,3)8-11(14)15/h10H,1,4-9H2,2-3H3,(H,14,15). The van der Waals surface area contributed by atoms with Crippen molar-refractivity contribution in [3.8, 4) is 0 Å². The van der Waals surface area contributed by atoms with Crippen molar-refractivity contribution in [3.63, 3.8) is 0 Å². The van der Waals surface area contributed by atoms with Gasteiger partial charge in [0.25, 0.3) is 0 Å². The second-order valence-corrected chi connectivity index (χ2v) is 5.45. The van der Waals surface area contributed by atoms with Crippen molar-refractivity contribution in [3.05, 3.63) is 6.92 Å². The first-order valence-corrected chi connectivity index (χ1v) is 5.66. The molecule has 0 saturated carbocycles. The Labute approximate surface area is 92.5 Å². The van der Waals surface area contributed by atoms with Gasteiger partial charge in [0.05, 0.1) is 6.42 Å². The maximum absolute atomic E-state index is 10.7. The Kier molecular flexibility index (Phi) is 4.14. The molecule has 1 heterocycles. The molecule has 1 saturated heterocycles. The highest BCUT2D eigenvalue weighted by atomic mass is 16.4. The van der Waals surface area contributed by atoms with E-state index in [2.05, 4.69) is 11.8 Å². The summed E-state index contributed by atoms with van der Waals surface area (Å²) in [6, 6.07) is 0. The Bertz CT molecular complexity index is 218. The Morgan fingerprint density at radius 2 is 2.00 bits per heavy atom. The van der Waals surface area contributed by atoms with Gasteiger partial charge in [-0.3, -0.25) is 4.79 Å². The summed E-state index contributed by atoms with van der Waals surface area (Å²) in [6.07, 6.45) is 2.53. The summed E-state index contributed by atoms with van der Waals surface area (Å²) in [7, 11) is 0. The predicted molar refractivity (Wildman–Crippen MR) is 60.6 cm³/mol. The minimum absolute atomic E-state index is 0.125. The van der Waals surface area contributed by atoms with Crippen molar-refractivity contribution in [1.29, 1.82) is 0 Å². The molecule has 0 aromatic heterocycles. The van der Waals surface area contributed by atoms with Crippen molar-refractivity contribution >= 4 is 5.97 Å².